The summed E-state index contributed by atoms with van der Waals surface area (Å²) in [7, 11) is 1.67. The van der Waals surface area contributed by atoms with E-state index in [1.165, 1.54) is 12.2 Å². The van der Waals surface area contributed by atoms with Crippen molar-refractivity contribution in [3.05, 3.63) is 0 Å². The van der Waals surface area contributed by atoms with Crippen molar-refractivity contribution in [2.24, 2.45) is 0 Å². The van der Waals surface area contributed by atoms with Gasteiger partial charge in [-0.25, -0.2) is 0 Å². The second-order valence-electron chi connectivity index (χ2n) is 2.43. The summed E-state index contributed by atoms with van der Waals surface area (Å²) in [6.07, 6.45) is 1.57. The van der Waals surface area contributed by atoms with Crippen LogP contribution in [0.4, 0.5) is 0 Å². The topological polar surface area (TPSA) is 18.5 Å². The van der Waals surface area contributed by atoms with Crippen molar-refractivity contribution in [3.8, 4) is 0 Å². The molecule has 0 radical (unpaired) electrons. The first-order valence-corrected chi connectivity index (χ1v) is 4.74. The highest BCUT2D eigenvalue weighted by atomic mass is 32.2. The molecule has 1 fully saturated rings. The Kier molecular flexibility index (Phi) is 3.52. The third-order valence-corrected chi connectivity index (χ3v) is 2.74. The summed E-state index contributed by atoms with van der Waals surface area (Å²) in [6.45, 7) is 1.93. The Morgan fingerprint density at radius 3 is 2.90 bits per heavy atom. The summed E-state index contributed by atoms with van der Waals surface area (Å²) in [5.74, 6) is 2.37. The summed E-state index contributed by atoms with van der Waals surface area (Å²) in [4.78, 5) is 0. The highest BCUT2D eigenvalue weighted by Crippen LogP contribution is 2.20. The van der Waals surface area contributed by atoms with Gasteiger partial charge in [-0.05, 0) is 19.1 Å². The van der Waals surface area contributed by atoms with Gasteiger partial charge in [0.25, 0.3) is 0 Å². The van der Waals surface area contributed by atoms with Crippen molar-refractivity contribution in [1.29, 1.82) is 0 Å². The molecule has 0 N–H and O–H groups in total. The average Bonchev–Trinajstić information content (AvgIpc) is 2.40. The Bertz CT molecular complexity index is 91.6. The van der Waals surface area contributed by atoms with Crippen molar-refractivity contribution >= 4 is 11.8 Å². The van der Waals surface area contributed by atoms with E-state index in [0.29, 0.717) is 6.10 Å². The summed E-state index contributed by atoms with van der Waals surface area (Å²) in [6, 6.07) is 0. The van der Waals surface area contributed by atoms with E-state index in [1.807, 2.05) is 18.7 Å². The molecule has 0 aliphatic carbocycles. The maximum atomic E-state index is 5.52. The molecule has 1 saturated heterocycles. The molecule has 10 heavy (non-hydrogen) atoms. The lowest BCUT2D eigenvalue weighted by Gasteiger charge is -2.15. The van der Waals surface area contributed by atoms with E-state index in [0.717, 1.165) is 5.75 Å². The van der Waals surface area contributed by atoms with Crippen molar-refractivity contribution < 1.29 is 9.47 Å². The molecule has 0 aromatic rings. The fraction of sp³-hybridized carbons (Fsp3) is 1.00. The molecule has 3 heteroatoms. The molecule has 1 aliphatic heterocycles. The number of thioether (sulfide) groups is 1. The number of hydrogen-bond acceptors (Lipinski definition) is 3. The van der Waals surface area contributed by atoms with Crippen molar-refractivity contribution in [1.82, 2.24) is 0 Å². The Hall–Kier alpha value is 0.270. The maximum absolute atomic E-state index is 5.52. The second kappa shape index (κ2) is 4.21. The van der Waals surface area contributed by atoms with Crippen LogP contribution in [0.1, 0.15) is 13.3 Å². The van der Waals surface area contributed by atoms with Gasteiger partial charge >= 0.3 is 0 Å². The van der Waals surface area contributed by atoms with Crippen molar-refractivity contribution in [2.75, 3.05) is 18.6 Å². The molecule has 0 aromatic heterocycles. The minimum atomic E-state index is -0.0382. The molecule has 1 rings (SSSR count). The highest BCUT2D eigenvalue weighted by molar-refractivity contribution is 7.99. The van der Waals surface area contributed by atoms with E-state index in [-0.39, 0.29) is 6.29 Å². The van der Waals surface area contributed by atoms with Crippen LogP contribution >= 0.6 is 11.8 Å². The monoisotopic (exact) mass is 162 g/mol. The lowest BCUT2D eigenvalue weighted by molar-refractivity contribution is -0.136. The van der Waals surface area contributed by atoms with Gasteiger partial charge in [0.15, 0.2) is 6.29 Å². The average molecular weight is 162 g/mol. The molecule has 2 unspecified atom stereocenters. The van der Waals surface area contributed by atoms with Gasteiger partial charge in [0, 0.05) is 12.9 Å². The van der Waals surface area contributed by atoms with Gasteiger partial charge in [-0.1, -0.05) is 0 Å². The number of rotatable bonds is 3. The maximum Gasteiger partial charge on any atom is 0.154 e. The minimum absolute atomic E-state index is 0.0382. The number of hydrogen-bond donors (Lipinski definition) is 0. The number of methoxy groups -OCH3 is 1. The van der Waals surface area contributed by atoms with Gasteiger partial charge in [-0.2, -0.15) is 11.8 Å². The zero-order valence-electron chi connectivity index (χ0n) is 6.50. The van der Waals surface area contributed by atoms with Crippen LogP contribution in [0.5, 0.6) is 0 Å². The summed E-state index contributed by atoms with van der Waals surface area (Å²) < 4.78 is 10.5. The fourth-order valence-electron chi connectivity index (χ4n) is 0.947. The first-order valence-electron chi connectivity index (χ1n) is 3.59. The third kappa shape index (κ3) is 2.48. The molecular formula is C7H14O2S. The van der Waals surface area contributed by atoms with Gasteiger partial charge in [0.2, 0.25) is 0 Å². The van der Waals surface area contributed by atoms with Crippen molar-refractivity contribution in [2.45, 2.75) is 25.7 Å². The van der Waals surface area contributed by atoms with Gasteiger partial charge in [0.05, 0.1) is 6.10 Å². The first kappa shape index (κ1) is 8.37. The van der Waals surface area contributed by atoms with Crippen LogP contribution in [0, 0.1) is 0 Å². The molecule has 1 heterocycles. The van der Waals surface area contributed by atoms with E-state index in [9.17, 15) is 0 Å². The Balaban J connectivity index is 2.11. The van der Waals surface area contributed by atoms with E-state index >= 15 is 0 Å². The molecule has 0 aromatic carbocycles. The predicted octanol–water partition coefficient (Wildman–Crippen LogP) is 1.50. The Labute approximate surface area is 66.3 Å². The summed E-state index contributed by atoms with van der Waals surface area (Å²) in [5, 5.41) is 0. The molecule has 1 aliphatic rings. The minimum Gasteiger partial charge on any atom is -0.356 e. The molecule has 0 spiro atoms. The normalized spacial score (nSPS) is 28.8. The van der Waals surface area contributed by atoms with E-state index < -0.39 is 0 Å². The summed E-state index contributed by atoms with van der Waals surface area (Å²) in [5.41, 5.74) is 0. The Morgan fingerprint density at radius 1 is 1.60 bits per heavy atom. The van der Waals surface area contributed by atoms with Gasteiger partial charge in [-0.15, -0.1) is 0 Å². The zero-order valence-corrected chi connectivity index (χ0v) is 7.32. The zero-order chi connectivity index (χ0) is 7.40. The van der Waals surface area contributed by atoms with Crippen LogP contribution in [0.15, 0.2) is 0 Å². The predicted molar refractivity (Wildman–Crippen MR) is 43.3 cm³/mol. The van der Waals surface area contributed by atoms with E-state index in [1.54, 1.807) is 7.11 Å². The molecule has 60 valence electrons. The lowest BCUT2D eigenvalue weighted by Crippen LogP contribution is -2.20. The largest absolute Gasteiger partial charge is 0.356 e. The third-order valence-electron chi connectivity index (χ3n) is 1.60. The standard InChI is InChI=1S/C7H14O2S/c1-6(8-2)9-7-3-4-10-5-7/h6-7H,3-5H2,1-2H3. The van der Waals surface area contributed by atoms with Gasteiger partial charge < -0.3 is 9.47 Å². The lowest BCUT2D eigenvalue weighted by atomic mass is 10.3. The molecule has 2 nitrogen and oxygen atoms in total. The molecule has 2 atom stereocenters. The van der Waals surface area contributed by atoms with Gasteiger partial charge in [-0.3, -0.25) is 0 Å². The fourth-order valence-corrected chi connectivity index (χ4v) is 2.05. The van der Waals surface area contributed by atoms with E-state index in [2.05, 4.69) is 0 Å². The quantitative estimate of drug-likeness (QED) is 0.586. The second-order valence-corrected chi connectivity index (χ2v) is 3.57. The van der Waals surface area contributed by atoms with Crippen LogP contribution in [-0.4, -0.2) is 31.0 Å². The van der Waals surface area contributed by atoms with Crippen LogP contribution in [0.2, 0.25) is 0 Å². The SMILES string of the molecule is COC(C)OC1CCSC1. The molecule has 0 bridgehead atoms. The van der Waals surface area contributed by atoms with Gasteiger partial charge in [0.1, 0.15) is 0 Å². The van der Waals surface area contributed by atoms with E-state index in [4.69, 9.17) is 9.47 Å². The highest BCUT2D eigenvalue weighted by Gasteiger charge is 2.17. The first-order chi connectivity index (χ1) is 4.83. The number of ether oxygens (including phenoxy) is 2. The molecular weight excluding hydrogens is 148 g/mol. The van der Waals surface area contributed by atoms with Crippen LogP contribution in [-0.2, 0) is 9.47 Å². The van der Waals surface area contributed by atoms with Crippen molar-refractivity contribution in [3.63, 3.8) is 0 Å². The Morgan fingerprint density at radius 2 is 2.40 bits per heavy atom. The smallest absolute Gasteiger partial charge is 0.154 e. The van der Waals surface area contributed by atoms with Crippen LogP contribution in [0.3, 0.4) is 0 Å². The molecule has 0 saturated carbocycles. The molecule has 0 amide bonds. The van der Waals surface area contributed by atoms with Crippen LogP contribution < -0.4 is 0 Å². The summed E-state index contributed by atoms with van der Waals surface area (Å²) >= 11 is 1.95. The van der Waals surface area contributed by atoms with Crippen LogP contribution in [0.25, 0.3) is 0 Å².